The van der Waals surface area contributed by atoms with Gasteiger partial charge in [-0.05, 0) is 58.8 Å². The van der Waals surface area contributed by atoms with Crippen LogP contribution in [0.15, 0.2) is 0 Å². The van der Waals surface area contributed by atoms with E-state index in [1.165, 1.54) is 44.5 Å². The first kappa shape index (κ1) is 12.7. The number of hydrogen-bond acceptors (Lipinski definition) is 3. The smallest absolute Gasteiger partial charge is 0.0659 e. The summed E-state index contributed by atoms with van der Waals surface area (Å²) in [6.07, 6.45) is 5.36. The lowest BCUT2D eigenvalue weighted by Gasteiger charge is -2.40. The molecule has 2 unspecified atom stereocenters. The Bertz CT molecular complexity index is 232. The van der Waals surface area contributed by atoms with E-state index in [1.807, 2.05) is 0 Å². The molecule has 2 aliphatic rings. The van der Waals surface area contributed by atoms with E-state index < -0.39 is 0 Å². The zero-order valence-electron chi connectivity index (χ0n) is 11.0. The Morgan fingerprint density at radius 2 is 2.12 bits per heavy atom. The van der Waals surface area contributed by atoms with Crippen molar-refractivity contribution < 1.29 is 0 Å². The van der Waals surface area contributed by atoms with Crippen molar-refractivity contribution >= 4 is 11.8 Å². The molecule has 1 N–H and O–H groups in total. The quantitative estimate of drug-likeness (QED) is 0.761. The minimum atomic E-state index is 0.404. The van der Waals surface area contributed by atoms with Crippen LogP contribution in [0.25, 0.3) is 0 Å². The predicted octanol–water partition coefficient (Wildman–Crippen LogP) is 2.69. The van der Waals surface area contributed by atoms with Crippen LogP contribution in [0.1, 0.15) is 46.5 Å². The standard InChI is InChI=1S/C13H26N2S/c1-11(2)15-8-4-6-13(7-9-15)14-12(3)5-10-16-13/h11-12,14H,4-10H2,1-3H3. The average Bonchev–Trinajstić information content (AvgIpc) is 2.41. The van der Waals surface area contributed by atoms with Crippen molar-refractivity contribution in [3.8, 4) is 0 Å². The van der Waals surface area contributed by atoms with Crippen molar-refractivity contribution in [2.75, 3.05) is 18.8 Å². The van der Waals surface area contributed by atoms with Gasteiger partial charge in [-0.25, -0.2) is 0 Å². The maximum absolute atomic E-state index is 3.87. The number of nitrogens with one attached hydrogen (secondary N) is 1. The maximum atomic E-state index is 3.87. The maximum Gasteiger partial charge on any atom is 0.0659 e. The second-order valence-electron chi connectivity index (χ2n) is 5.66. The van der Waals surface area contributed by atoms with Crippen molar-refractivity contribution in [1.29, 1.82) is 0 Å². The number of nitrogens with zero attached hydrogens (tertiary/aromatic N) is 1. The molecule has 2 aliphatic heterocycles. The molecule has 94 valence electrons. The molecule has 0 aliphatic carbocycles. The van der Waals surface area contributed by atoms with Crippen LogP contribution in [-0.4, -0.2) is 40.7 Å². The third-order valence-electron chi connectivity index (χ3n) is 4.00. The van der Waals surface area contributed by atoms with E-state index in [9.17, 15) is 0 Å². The first-order chi connectivity index (χ1) is 7.61. The van der Waals surface area contributed by atoms with Crippen LogP contribution in [0.5, 0.6) is 0 Å². The van der Waals surface area contributed by atoms with E-state index in [0.717, 1.165) is 0 Å². The van der Waals surface area contributed by atoms with Gasteiger partial charge in [-0.1, -0.05) is 0 Å². The Hall–Kier alpha value is 0.270. The van der Waals surface area contributed by atoms with Gasteiger partial charge >= 0.3 is 0 Å². The van der Waals surface area contributed by atoms with Gasteiger partial charge in [-0.3, -0.25) is 0 Å². The van der Waals surface area contributed by atoms with Gasteiger partial charge in [-0.15, -0.1) is 11.8 Å². The van der Waals surface area contributed by atoms with E-state index in [0.29, 0.717) is 17.0 Å². The molecule has 0 aromatic heterocycles. The molecule has 2 rings (SSSR count). The first-order valence-electron chi connectivity index (χ1n) is 6.77. The highest BCUT2D eigenvalue weighted by Gasteiger charge is 2.36. The summed E-state index contributed by atoms with van der Waals surface area (Å²) >= 11 is 2.18. The van der Waals surface area contributed by atoms with Crippen molar-refractivity contribution in [1.82, 2.24) is 10.2 Å². The van der Waals surface area contributed by atoms with Crippen LogP contribution in [0.3, 0.4) is 0 Å². The van der Waals surface area contributed by atoms with Crippen molar-refractivity contribution in [2.45, 2.75) is 63.4 Å². The minimum absolute atomic E-state index is 0.404. The summed E-state index contributed by atoms with van der Waals surface area (Å²) in [4.78, 5) is 3.04. The molecule has 2 saturated heterocycles. The number of thioether (sulfide) groups is 1. The molecule has 0 aromatic rings. The zero-order valence-corrected chi connectivity index (χ0v) is 11.8. The fourth-order valence-corrected chi connectivity index (χ4v) is 4.60. The summed E-state index contributed by atoms with van der Waals surface area (Å²) in [5.74, 6) is 1.34. The minimum Gasteiger partial charge on any atom is -0.301 e. The van der Waals surface area contributed by atoms with Gasteiger partial charge in [-0.2, -0.15) is 0 Å². The summed E-state index contributed by atoms with van der Waals surface area (Å²) in [5, 5.41) is 3.87. The Labute approximate surface area is 105 Å². The van der Waals surface area contributed by atoms with E-state index in [-0.39, 0.29) is 0 Å². The summed E-state index contributed by atoms with van der Waals surface area (Å²) in [6.45, 7) is 9.54. The predicted molar refractivity (Wildman–Crippen MR) is 73.0 cm³/mol. The molecule has 16 heavy (non-hydrogen) atoms. The van der Waals surface area contributed by atoms with Gasteiger partial charge in [0.15, 0.2) is 0 Å². The Kier molecular flexibility index (Phi) is 4.20. The van der Waals surface area contributed by atoms with E-state index in [1.54, 1.807) is 0 Å². The van der Waals surface area contributed by atoms with Gasteiger partial charge in [0.2, 0.25) is 0 Å². The first-order valence-corrected chi connectivity index (χ1v) is 7.76. The van der Waals surface area contributed by atoms with Crippen molar-refractivity contribution in [3.63, 3.8) is 0 Å². The Morgan fingerprint density at radius 3 is 2.81 bits per heavy atom. The average molecular weight is 242 g/mol. The Morgan fingerprint density at radius 1 is 1.31 bits per heavy atom. The molecule has 0 bridgehead atoms. The summed E-state index contributed by atoms with van der Waals surface area (Å²) in [6, 6.07) is 1.42. The normalized spacial score (nSPS) is 37.9. The highest BCUT2D eigenvalue weighted by molar-refractivity contribution is 8.00. The van der Waals surface area contributed by atoms with Crippen LogP contribution in [-0.2, 0) is 0 Å². The lowest BCUT2D eigenvalue weighted by atomic mass is 10.1. The number of likely N-dealkylation sites (tertiary alicyclic amines) is 1. The third kappa shape index (κ3) is 2.93. The molecule has 3 heteroatoms. The van der Waals surface area contributed by atoms with Gasteiger partial charge in [0.25, 0.3) is 0 Å². The number of rotatable bonds is 1. The van der Waals surface area contributed by atoms with Gasteiger partial charge in [0, 0.05) is 18.6 Å². The molecule has 0 amide bonds. The van der Waals surface area contributed by atoms with Crippen LogP contribution in [0.4, 0.5) is 0 Å². The molecule has 2 heterocycles. The third-order valence-corrected chi connectivity index (χ3v) is 5.52. The van der Waals surface area contributed by atoms with E-state index in [4.69, 9.17) is 0 Å². The van der Waals surface area contributed by atoms with Crippen molar-refractivity contribution in [3.05, 3.63) is 0 Å². The largest absolute Gasteiger partial charge is 0.301 e. The monoisotopic (exact) mass is 242 g/mol. The molecule has 0 radical (unpaired) electrons. The summed E-state index contributed by atoms with van der Waals surface area (Å²) < 4.78 is 0. The molecule has 0 aromatic carbocycles. The van der Waals surface area contributed by atoms with Crippen LogP contribution in [0, 0.1) is 0 Å². The molecule has 0 saturated carbocycles. The second-order valence-corrected chi connectivity index (χ2v) is 7.14. The SMILES string of the molecule is CC1CCSC2(CCCN(C(C)C)CC2)N1. The molecule has 2 atom stereocenters. The number of hydrogen-bond donors (Lipinski definition) is 1. The lowest BCUT2D eigenvalue weighted by molar-refractivity contribution is 0.226. The highest BCUT2D eigenvalue weighted by Crippen LogP contribution is 2.38. The van der Waals surface area contributed by atoms with Gasteiger partial charge in [0.05, 0.1) is 4.87 Å². The fraction of sp³-hybridized carbons (Fsp3) is 1.00. The molecule has 2 nitrogen and oxygen atoms in total. The lowest BCUT2D eigenvalue weighted by Crippen LogP contribution is -2.51. The Balaban J connectivity index is 1.96. The van der Waals surface area contributed by atoms with E-state index >= 15 is 0 Å². The van der Waals surface area contributed by atoms with Gasteiger partial charge < -0.3 is 10.2 Å². The molecule has 1 spiro atoms. The van der Waals surface area contributed by atoms with Crippen LogP contribution in [0.2, 0.25) is 0 Å². The molecular formula is C13H26N2S. The summed E-state index contributed by atoms with van der Waals surface area (Å²) in [7, 11) is 0. The van der Waals surface area contributed by atoms with Gasteiger partial charge in [0.1, 0.15) is 0 Å². The zero-order chi connectivity index (χ0) is 11.6. The summed E-state index contributed by atoms with van der Waals surface area (Å²) in [5.41, 5.74) is 0. The highest BCUT2D eigenvalue weighted by atomic mass is 32.2. The molecule has 2 fully saturated rings. The second kappa shape index (κ2) is 5.28. The topological polar surface area (TPSA) is 15.3 Å². The van der Waals surface area contributed by atoms with Crippen LogP contribution >= 0.6 is 11.8 Å². The van der Waals surface area contributed by atoms with E-state index in [2.05, 4.69) is 42.7 Å². The molecular weight excluding hydrogens is 216 g/mol. The van der Waals surface area contributed by atoms with Crippen LogP contribution < -0.4 is 5.32 Å². The fourth-order valence-electron chi connectivity index (χ4n) is 2.93. The van der Waals surface area contributed by atoms with Crippen molar-refractivity contribution in [2.24, 2.45) is 0 Å².